The monoisotopic (exact) mass is 558 g/mol. The molecule has 0 heterocycles. The van der Waals surface area contributed by atoms with Gasteiger partial charge in [-0.2, -0.15) is 0 Å². The van der Waals surface area contributed by atoms with Crippen LogP contribution in [0.4, 0.5) is 0 Å². The van der Waals surface area contributed by atoms with Crippen LogP contribution >= 0.6 is 0 Å². The molecule has 7 nitrogen and oxygen atoms in total. The van der Waals surface area contributed by atoms with E-state index < -0.39 is 29.4 Å². The first-order valence-corrected chi connectivity index (χ1v) is 14.3. The molecule has 3 rings (SSSR count). The minimum absolute atomic E-state index is 0.0829. The Hall–Kier alpha value is -3.84. The van der Waals surface area contributed by atoms with E-state index in [-0.39, 0.29) is 30.8 Å². The second kappa shape index (κ2) is 15.2. The van der Waals surface area contributed by atoms with Crippen molar-refractivity contribution in [1.82, 2.24) is 10.8 Å². The highest BCUT2D eigenvalue weighted by molar-refractivity contribution is 5.94. The van der Waals surface area contributed by atoms with Gasteiger partial charge in [-0.15, -0.1) is 0 Å². The quantitative estimate of drug-likeness (QED) is 0.234. The Morgan fingerprint density at radius 2 is 1.49 bits per heavy atom. The molecular weight excluding hydrogens is 516 g/mol. The Bertz CT molecular complexity index is 1320. The molecule has 0 unspecified atom stereocenters. The second-order valence-corrected chi connectivity index (χ2v) is 11.6. The van der Waals surface area contributed by atoms with E-state index >= 15 is 0 Å². The van der Waals surface area contributed by atoms with Crippen molar-refractivity contribution < 1.29 is 24.0 Å². The summed E-state index contributed by atoms with van der Waals surface area (Å²) in [6, 6.07) is 23.2. The fraction of sp³-hybridized carbons (Fsp3) is 0.412. The van der Waals surface area contributed by atoms with E-state index in [1.807, 2.05) is 72.8 Å². The third-order valence-corrected chi connectivity index (χ3v) is 6.87. The average Bonchev–Trinajstić information content (AvgIpc) is 2.94. The molecule has 41 heavy (non-hydrogen) atoms. The number of aryl methyl sites for hydroxylation is 2. The van der Waals surface area contributed by atoms with Crippen LogP contribution in [0.1, 0.15) is 70.9 Å². The zero-order valence-electron chi connectivity index (χ0n) is 24.6. The molecular formula is C34H42N2O5. The van der Waals surface area contributed by atoms with Gasteiger partial charge in [-0.3, -0.25) is 24.0 Å². The number of Topliss-reactive ketones (excluding diaryl/α,β-unsaturated/α-hetero) is 2. The Morgan fingerprint density at radius 3 is 2.22 bits per heavy atom. The maximum atomic E-state index is 13.2. The van der Waals surface area contributed by atoms with Gasteiger partial charge in [-0.05, 0) is 68.9 Å². The van der Waals surface area contributed by atoms with Gasteiger partial charge in [0.1, 0.15) is 5.78 Å². The molecule has 0 bridgehead atoms. The van der Waals surface area contributed by atoms with Gasteiger partial charge in [0.25, 0.3) is 0 Å². The van der Waals surface area contributed by atoms with Crippen LogP contribution < -0.4 is 10.8 Å². The zero-order valence-corrected chi connectivity index (χ0v) is 24.6. The summed E-state index contributed by atoms with van der Waals surface area (Å²) in [5.74, 6) is -2.10. The summed E-state index contributed by atoms with van der Waals surface area (Å²) in [7, 11) is 0. The van der Waals surface area contributed by atoms with Gasteiger partial charge in [0.2, 0.25) is 11.8 Å². The van der Waals surface area contributed by atoms with Crippen LogP contribution in [0.15, 0.2) is 72.8 Å². The molecule has 2 N–H and O–H groups in total. The lowest BCUT2D eigenvalue weighted by Crippen LogP contribution is -2.44. The van der Waals surface area contributed by atoms with Crippen molar-refractivity contribution in [3.63, 3.8) is 0 Å². The largest absolute Gasteiger partial charge is 0.346 e. The third-order valence-electron chi connectivity index (χ3n) is 6.87. The van der Waals surface area contributed by atoms with Gasteiger partial charge >= 0.3 is 0 Å². The van der Waals surface area contributed by atoms with Gasteiger partial charge < -0.3 is 5.32 Å². The number of fused-ring (bicyclic) bond motifs is 1. The molecule has 2 atom stereocenters. The Labute approximate surface area is 243 Å². The minimum Gasteiger partial charge on any atom is -0.346 e. The highest BCUT2D eigenvalue weighted by atomic mass is 16.7. The molecule has 0 saturated heterocycles. The van der Waals surface area contributed by atoms with Crippen LogP contribution in [0.5, 0.6) is 0 Å². The fourth-order valence-electron chi connectivity index (χ4n) is 4.64. The first-order chi connectivity index (χ1) is 19.5. The number of hydrogen-bond donors (Lipinski definition) is 2. The van der Waals surface area contributed by atoms with Crippen LogP contribution in [0.25, 0.3) is 10.8 Å². The normalized spacial score (nSPS) is 12.9. The molecule has 0 aliphatic heterocycles. The zero-order chi connectivity index (χ0) is 29.8. The molecule has 0 saturated carbocycles. The van der Waals surface area contributed by atoms with Gasteiger partial charge in [0.15, 0.2) is 5.78 Å². The van der Waals surface area contributed by atoms with Gasteiger partial charge in [-0.1, -0.05) is 72.8 Å². The molecule has 0 radical (unpaired) electrons. The van der Waals surface area contributed by atoms with Crippen molar-refractivity contribution in [1.29, 1.82) is 0 Å². The van der Waals surface area contributed by atoms with E-state index in [9.17, 15) is 19.2 Å². The molecule has 0 aromatic heterocycles. The summed E-state index contributed by atoms with van der Waals surface area (Å²) in [6.45, 7) is 7.02. The van der Waals surface area contributed by atoms with Crippen LogP contribution in [0.2, 0.25) is 0 Å². The smallest absolute Gasteiger partial charge is 0.244 e. The molecule has 2 amide bonds. The van der Waals surface area contributed by atoms with Crippen LogP contribution in [0, 0.1) is 5.92 Å². The number of ketones is 2. The molecule has 3 aromatic rings. The van der Waals surface area contributed by atoms with Crippen molar-refractivity contribution in [3.05, 3.63) is 83.9 Å². The van der Waals surface area contributed by atoms with Gasteiger partial charge in [-0.25, -0.2) is 5.48 Å². The second-order valence-electron chi connectivity index (χ2n) is 11.6. The van der Waals surface area contributed by atoms with E-state index in [1.54, 1.807) is 27.7 Å². The fourth-order valence-corrected chi connectivity index (χ4v) is 4.64. The number of nitrogens with one attached hydrogen (secondary N) is 2. The summed E-state index contributed by atoms with van der Waals surface area (Å²) < 4.78 is 0. The van der Waals surface area contributed by atoms with Crippen molar-refractivity contribution in [2.24, 2.45) is 5.92 Å². The summed E-state index contributed by atoms with van der Waals surface area (Å²) in [6.07, 6.45) is 2.22. The highest BCUT2D eigenvalue weighted by Gasteiger charge is 2.28. The average molecular weight is 559 g/mol. The van der Waals surface area contributed by atoms with Gasteiger partial charge in [0.05, 0.1) is 17.6 Å². The molecule has 218 valence electrons. The Morgan fingerprint density at radius 1 is 0.805 bits per heavy atom. The number of carbonyl (C=O) groups is 4. The number of carbonyl (C=O) groups excluding carboxylic acids is 4. The van der Waals surface area contributed by atoms with Crippen LogP contribution in [0.3, 0.4) is 0 Å². The molecule has 0 aliphatic rings. The Kier molecular flexibility index (Phi) is 11.8. The molecule has 0 fully saturated rings. The van der Waals surface area contributed by atoms with Crippen molar-refractivity contribution in [2.45, 2.75) is 84.3 Å². The van der Waals surface area contributed by atoms with Crippen molar-refractivity contribution in [2.75, 3.05) is 0 Å². The van der Waals surface area contributed by atoms with E-state index in [0.29, 0.717) is 19.3 Å². The SMILES string of the molecule is C[C@H](NC(=O)[C@@H](CC(=O)CCCc1ccccc1)CC(=O)NOC(C)(C)C)C(=O)CCc1cccc2ccccc12. The molecule has 0 spiro atoms. The maximum absolute atomic E-state index is 13.2. The maximum Gasteiger partial charge on any atom is 0.244 e. The standard InChI is InChI=1S/C34H42N2O5/c1-24(31(38)21-20-27-17-11-16-26-15-8-9-19-30(26)27)35-33(40)28(23-32(39)36-41-34(2,3)4)22-29(37)18-10-14-25-12-6-5-7-13-25/h5-9,11-13,15-17,19,24,28H,10,14,18,20-23H2,1-4H3,(H,35,40)(H,36,39)/t24-,28-/m0/s1. The lowest BCUT2D eigenvalue weighted by atomic mass is 9.94. The predicted octanol–water partition coefficient (Wildman–Crippen LogP) is 5.68. The summed E-state index contributed by atoms with van der Waals surface area (Å²) >= 11 is 0. The number of hydroxylamine groups is 1. The van der Waals surface area contributed by atoms with E-state index in [2.05, 4.69) is 10.8 Å². The highest BCUT2D eigenvalue weighted by Crippen LogP contribution is 2.20. The van der Waals surface area contributed by atoms with E-state index in [4.69, 9.17) is 4.84 Å². The van der Waals surface area contributed by atoms with Gasteiger partial charge in [0, 0.05) is 25.7 Å². The predicted molar refractivity (Wildman–Crippen MR) is 161 cm³/mol. The first kappa shape index (κ1) is 31.7. The van der Waals surface area contributed by atoms with Crippen molar-refractivity contribution >= 4 is 34.2 Å². The number of rotatable bonds is 15. The summed E-state index contributed by atoms with van der Waals surface area (Å²) in [5.41, 5.74) is 3.99. The van der Waals surface area contributed by atoms with Crippen molar-refractivity contribution in [3.8, 4) is 0 Å². The number of hydrogen-bond acceptors (Lipinski definition) is 5. The molecule has 0 aliphatic carbocycles. The lowest BCUT2D eigenvalue weighted by molar-refractivity contribution is -0.148. The van der Waals surface area contributed by atoms with E-state index in [0.717, 1.165) is 28.3 Å². The Balaban J connectivity index is 1.58. The minimum atomic E-state index is -0.906. The third kappa shape index (κ3) is 10.9. The van der Waals surface area contributed by atoms with Crippen LogP contribution in [-0.2, 0) is 36.9 Å². The summed E-state index contributed by atoms with van der Waals surface area (Å²) in [4.78, 5) is 56.9. The first-order valence-electron chi connectivity index (χ1n) is 14.3. The lowest BCUT2D eigenvalue weighted by Gasteiger charge is -2.22. The number of benzene rings is 3. The van der Waals surface area contributed by atoms with E-state index in [1.165, 1.54) is 0 Å². The topological polar surface area (TPSA) is 102 Å². The molecule has 3 aromatic carbocycles. The van der Waals surface area contributed by atoms with Crippen LogP contribution in [-0.4, -0.2) is 35.0 Å². The summed E-state index contributed by atoms with van der Waals surface area (Å²) in [5, 5.41) is 4.98. The number of amides is 2. The molecule has 7 heteroatoms.